The van der Waals surface area contributed by atoms with Crippen LogP contribution in [0.1, 0.15) is 44.1 Å². The van der Waals surface area contributed by atoms with Gasteiger partial charge in [0.2, 0.25) is 5.91 Å². The third-order valence-corrected chi connectivity index (χ3v) is 5.87. The fraction of sp³-hybridized carbons (Fsp3) is 0.632. The highest BCUT2D eigenvalue weighted by atomic mass is 35.5. The molecule has 126 valence electrons. The van der Waals surface area contributed by atoms with E-state index in [1.165, 1.54) is 18.4 Å². The van der Waals surface area contributed by atoms with Crippen molar-refractivity contribution in [3.63, 3.8) is 0 Å². The number of amides is 1. The first-order valence-electron chi connectivity index (χ1n) is 8.84. The summed E-state index contributed by atoms with van der Waals surface area (Å²) in [6.07, 6.45) is 7.33. The summed E-state index contributed by atoms with van der Waals surface area (Å²) in [7, 11) is 2.01. The predicted molar refractivity (Wildman–Crippen MR) is 94.7 cm³/mol. The number of hydrogen-bond acceptors (Lipinski definition) is 2. The van der Waals surface area contributed by atoms with Crippen molar-refractivity contribution in [2.24, 2.45) is 5.41 Å². The second kappa shape index (κ2) is 7.23. The molecule has 1 amide bonds. The van der Waals surface area contributed by atoms with Crippen molar-refractivity contribution in [1.82, 2.24) is 10.2 Å². The van der Waals surface area contributed by atoms with Gasteiger partial charge in [-0.3, -0.25) is 4.79 Å². The second-order valence-corrected chi connectivity index (χ2v) is 7.59. The highest BCUT2D eigenvalue weighted by Gasteiger charge is 2.43. The summed E-state index contributed by atoms with van der Waals surface area (Å²) in [5.74, 6) is 0.379. The highest BCUT2D eigenvalue weighted by molar-refractivity contribution is 6.30. The van der Waals surface area contributed by atoms with Crippen molar-refractivity contribution in [1.29, 1.82) is 0 Å². The minimum atomic E-state index is -0.197. The molecular weight excluding hydrogens is 308 g/mol. The Hall–Kier alpha value is -1.06. The molecule has 1 aliphatic heterocycles. The van der Waals surface area contributed by atoms with Crippen LogP contribution in [0.25, 0.3) is 0 Å². The monoisotopic (exact) mass is 334 g/mol. The first kappa shape index (κ1) is 16.8. The van der Waals surface area contributed by atoms with Crippen LogP contribution in [0.3, 0.4) is 0 Å². The number of carbonyl (C=O) groups is 1. The van der Waals surface area contributed by atoms with Gasteiger partial charge in [0.1, 0.15) is 0 Å². The molecule has 3 rings (SSSR count). The molecule has 1 saturated heterocycles. The first-order valence-corrected chi connectivity index (χ1v) is 9.22. The van der Waals surface area contributed by atoms with E-state index < -0.39 is 0 Å². The summed E-state index contributed by atoms with van der Waals surface area (Å²) in [6, 6.07) is 8.57. The lowest BCUT2D eigenvalue weighted by molar-refractivity contribution is -0.143. The van der Waals surface area contributed by atoms with E-state index in [0.29, 0.717) is 11.9 Å². The van der Waals surface area contributed by atoms with Gasteiger partial charge in [-0.25, -0.2) is 0 Å². The van der Waals surface area contributed by atoms with E-state index >= 15 is 0 Å². The average molecular weight is 335 g/mol. The third-order valence-electron chi connectivity index (χ3n) is 5.64. The van der Waals surface area contributed by atoms with E-state index in [9.17, 15) is 4.79 Å². The maximum Gasteiger partial charge on any atom is 0.229 e. The van der Waals surface area contributed by atoms with E-state index in [2.05, 4.69) is 16.3 Å². The van der Waals surface area contributed by atoms with Crippen molar-refractivity contribution in [2.45, 2.75) is 51.0 Å². The van der Waals surface area contributed by atoms with Gasteiger partial charge >= 0.3 is 0 Å². The quantitative estimate of drug-likeness (QED) is 0.911. The van der Waals surface area contributed by atoms with E-state index in [-0.39, 0.29) is 5.41 Å². The molecule has 1 aliphatic carbocycles. The molecule has 1 heterocycles. The van der Waals surface area contributed by atoms with Gasteiger partial charge in [-0.2, -0.15) is 0 Å². The van der Waals surface area contributed by atoms with Crippen molar-refractivity contribution in [3.05, 3.63) is 34.9 Å². The lowest BCUT2D eigenvalue weighted by Gasteiger charge is -2.38. The number of halogens is 1. The molecule has 3 nitrogen and oxygen atoms in total. The highest BCUT2D eigenvalue weighted by Crippen LogP contribution is 2.43. The van der Waals surface area contributed by atoms with Crippen LogP contribution in [-0.4, -0.2) is 37.0 Å². The lowest BCUT2D eigenvalue weighted by Crippen LogP contribution is -2.49. The van der Waals surface area contributed by atoms with Crippen LogP contribution < -0.4 is 5.32 Å². The van der Waals surface area contributed by atoms with Gasteiger partial charge in [-0.1, -0.05) is 36.6 Å². The Kier molecular flexibility index (Phi) is 5.27. The number of nitrogens with one attached hydrogen (secondary N) is 1. The number of nitrogens with zero attached hydrogens (tertiary/aromatic N) is 1. The van der Waals surface area contributed by atoms with E-state index in [1.807, 2.05) is 25.2 Å². The van der Waals surface area contributed by atoms with E-state index in [1.54, 1.807) is 0 Å². The minimum absolute atomic E-state index is 0.197. The standard InChI is InChI=1S/C19H27ClN2O/c1-21-17-7-11-22(12-8-17)18(23)19(9-2-3-10-19)14-15-5-4-6-16(20)13-15/h4-6,13,17,21H,2-3,7-12,14H2,1H3. The van der Waals surface area contributed by atoms with Crippen molar-refractivity contribution in [2.75, 3.05) is 20.1 Å². The van der Waals surface area contributed by atoms with Crippen molar-refractivity contribution in [3.8, 4) is 0 Å². The van der Waals surface area contributed by atoms with Crippen LogP contribution >= 0.6 is 11.6 Å². The molecule has 23 heavy (non-hydrogen) atoms. The Labute approximate surface area is 144 Å². The normalized spacial score (nSPS) is 21.6. The second-order valence-electron chi connectivity index (χ2n) is 7.15. The molecule has 2 fully saturated rings. The largest absolute Gasteiger partial charge is 0.342 e. The minimum Gasteiger partial charge on any atom is -0.342 e. The van der Waals surface area contributed by atoms with Gasteiger partial charge in [-0.15, -0.1) is 0 Å². The van der Waals surface area contributed by atoms with Crippen molar-refractivity contribution < 1.29 is 4.79 Å². The number of rotatable bonds is 4. The summed E-state index contributed by atoms with van der Waals surface area (Å²) in [5.41, 5.74) is 0.995. The van der Waals surface area contributed by atoms with E-state index in [0.717, 1.165) is 50.2 Å². The number of benzene rings is 1. The summed E-state index contributed by atoms with van der Waals surface area (Å²) in [6.45, 7) is 1.78. The molecule has 4 heteroatoms. The van der Waals surface area contributed by atoms with Crippen LogP contribution in [0.15, 0.2) is 24.3 Å². The molecule has 0 spiro atoms. The van der Waals surface area contributed by atoms with E-state index in [4.69, 9.17) is 11.6 Å². The topological polar surface area (TPSA) is 32.3 Å². The molecular formula is C19H27ClN2O. The first-order chi connectivity index (χ1) is 11.1. The number of likely N-dealkylation sites (tertiary alicyclic amines) is 1. The van der Waals surface area contributed by atoms with Crippen LogP contribution in [0.4, 0.5) is 0 Å². The average Bonchev–Trinajstić information content (AvgIpc) is 3.04. The molecule has 0 radical (unpaired) electrons. The van der Waals surface area contributed by atoms with Crippen LogP contribution in [0, 0.1) is 5.41 Å². The summed E-state index contributed by atoms with van der Waals surface area (Å²) in [4.78, 5) is 15.4. The molecule has 0 unspecified atom stereocenters. The van der Waals surface area contributed by atoms with Gasteiger partial charge < -0.3 is 10.2 Å². The Bertz CT molecular complexity index is 546. The zero-order valence-corrected chi connectivity index (χ0v) is 14.7. The fourth-order valence-electron chi connectivity index (χ4n) is 4.26. The molecule has 1 N–H and O–H groups in total. The third kappa shape index (κ3) is 3.72. The predicted octanol–water partition coefficient (Wildman–Crippen LogP) is 3.65. The zero-order chi connectivity index (χ0) is 16.3. The zero-order valence-electron chi connectivity index (χ0n) is 14.0. The molecule has 1 aromatic rings. The van der Waals surface area contributed by atoms with Crippen LogP contribution in [-0.2, 0) is 11.2 Å². The molecule has 0 aromatic heterocycles. The van der Waals surface area contributed by atoms with Crippen LogP contribution in [0.2, 0.25) is 5.02 Å². The van der Waals surface area contributed by atoms with Gasteiger partial charge in [0.05, 0.1) is 5.41 Å². The smallest absolute Gasteiger partial charge is 0.229 e. The Morgan fingerprint density at radius 1 is 1.30 bits per heavy atom. The summed E-state index contributed by atoms with van der Waals surface area (Å²) in [5, 5.41) is 4.10. The summed E-state index contributed by atoms with van der Waals surface area (Å²) >= 11 is 6.13. The molecule has 1 aromatic carbocycles. The lowest BCUT2D eigenvalue weighted by atomic mass is 9.78. The molecule has 1 saturated carbocycles. The maximum absolute atomic E-state index is 13.3. The summed E-state index contributed by atoms with van der Waals surface area (Å²) < 4.78 is 0. The number of piperidine rings is 1. The number of hydrogen-bond donors (Lipinski definition) is 1. The molecule has 2 aliphatic rings. The molecule has 0 atom stereocenters. The molecule has 0 bridgehead atoms. The van der Waals surface area contributed by atoms with Crippen molar-refractivity contribution >= 4 is 17.5 Å². The fourth-order valence-corrected chi connectivity index (χ4v) is 4.48. The van der Waals surface area contributed by atoms with Crippen LogP contribution in [0.5, 0.6) is 0 Å². The Balaban J connectivity index is 1.74. The Morgan fingerprint density at radius 3 is 2.61 bits per heavy atom. The van der Waals surface area contributed by atoms with Gasteiger partial charge in [0, 0.05) is 24.2 Å². The van der Waals surface area contributed by atoms with Gasteiger partial charge in [0.15, 0.2) is 0 Å². The SMILES string of the molecule is CNC1CCN(C(=O)C2(Cc3cccc(Cl)c3)CCCC2)CC1. The maximum atomic E-state index is 13.3. The van der Waals surface area contributed by atoms with Gasteiger partial charge in [0.25, 0.3) is 0 Å². The van der Waals surface area contributed by atoms with Gasteiger partial charge in [-0.05, 0) is 56.8 Å². The Morgan fingerprint density at radius 2 is 2.00 bits per heavy atom. The number of carbonyl (C=O) groups excluding carboxylic acids is 1.